The number of carbonyl (C=O) groups is 3. The lowest BCUT2D eigenvalue weighted by atomic mass is 9.98. The molecule has 33 heavy (non-hydrogen) atoms. The van der Waals surface area contributed by atoms with Gasteiger partial charge >= 0.3 is 12.1 Å². The van der Waals surface area contributed by atoms with Crippen molar-refractivity contribution in [1.82, 2.24) is 10.2 Å². The fourth-order valence-corrected chi connectivity index (χ4v) is 4.83. The molecule has 0 spiro atoms. The van der Waals surface area contributed by atoms with Crippen LogP contribution < -0.4 is 5.32 Å². The SMILES string of the molecule is CCN(C(=O)C1(CNC(=O)OCC2c3ccccc3-c3ccccc32)CC1)C(C)CC(=O)O. The van der Waals surface area contributed by atoms with Gasteiger partial charge in [0, 0.05) is 25.0 Å². The molecule has 0 bridgehead atoms. The van der Waals surface area contributed by atoms with E-state index in [4.69, 9.17) is 9.84 Å². The van der Waals surface area contributed by atoms with Crippen LogP contribution in [-0.4, -0.2) is 53.7 Å². The number of nitrogens with one attached hydrogen (secondary N) is 1. The van der Waals surface area contributed by atoms with E-state index in [-0.39, 0.29) is 31.4 Å². The minimum Gasteiger partial charge on any atom is -0.481 e. The molecular formula is C26H30N2O5. The first-order valence-electron chi connectivity index (χ1n) is 11.5. The highest BCUT2D eigenvalue weighted by atomic mass is 16.5. The predicted molar refractivity (Wildman–Crippen MR) is 124 cm³/mol. The highest BCUT2D eigenvalue weighted by Gasteiger charge is 2.52. The topological polar surface area (TPSA) is 95.9 Å². The Morgan fingerprint density at radius 2 is 1.67 bits per heavy atom. The van der Waals surface area contributed by atoms with Crippen molar-refractivity contribution in [3.63, 3.8) is 0 Å². The Morgan fingerprint density at radius 1 is 1.09 bits per heavy atom. The Labute approximate surface area is 193 Å². The second kappa shape index (κ2) is 9.25. The molecule has 1 unspecified atom stereocenters. The Bertz CT molecular complexity index is 1020. The summed E-state index contributed by atoms with van der Waals surface area (Å²) >= 11 is 0. The summed E-state index contributed by atoms with van der Waals surface area (Å²) in [5.41, 5.74) is 3.96. The number of carboxylic acids is 1. The molecule has 2 amide bonds. The summed E-state index contributed by atoms with van der Waals surface area (Å²) in [6.07, 6.45) is 0.699. The molecule has 2 aromatic rings. The molecule has 2 aliphatic rings. The summed E-state index contributed by atoms with van der Waals surface area (Å²) in [6, 6.07) is 15.9. The lowest BCUT2D eigenvalue weighted by Crippen LogP contribution is -2.47. The monoisotopic (exact) mass is 450 g/mol. The molecule has 7 heteroatoms. The summed E-state index contributed by atoms with van der Waals surface area (Å²) < 4.78 is 5.58. The maximum Gasteiger partial charge on any atom is 0.407 e. The third-order valence-corrected chi connectivity index (χ3v) is 6.83. The zero-order valence-corrected chi connectivity index (χ0v) is 19.0. The molecule has 4 rings (SSSR count). The first-order chi connectivity index (χ1) is 15.9. The van der Waals surface area contributed by atoms with E-state index in [2.05, 4.69) is 29.6 Å². The fraction of sp³-hybridized carbons (Fsp3) is 0.423. The Morgan fingerprint density at radius 3 is 2.18 bits per heavy atom. The first-order valence-corrected chi connectivity index (χ1v) is 11.5. The molecule has 1 saturated carbocycles. The third kappa shape index (κ3) is 4.58. The van der Waals surface area contributed by atoms with Crippen molar-refractivity contribution in [3.05, 3.63) is 59.7 Å². The van der Waals surface area contributed by atoms with Crippen LogP contribution in [0.4, 0.5) is 4.79 Å². The first kappa shape index (κ1) is 22.8. The van der Waals surface area contributed by atoms with Gasteiger partial charge in [-0.1, -0.05) is 48.5 Å². The zero-order chi connectivity index (χ0) is 23.6. The predicted octanol–water partition coefficient (Wildman–Crippen LogP) is 4.02. The molecule has 174 valence electrons. The van der Waals surface area contributed by atoms with Crippen molar-refractivity contribution in [1.29, 1.82) is 0 Å². The van der Waals surface area contributed by atoms with Crippen molar-refractivity contribution >= 4 is 18.0 Å². The molecule has 2 aliphatic carbocycles. The summed E-state index contributed by atoms with van der Waals surface area (Å²) in [4.78, 5) is 38.2. The Balaban J connectivity index is 1.35. The number of hydrogen-bond acceptors (Lipinski definition) is 4. The van der Waals surface area contributed by atoms with E-state index < -0.39 is 23.5 Å². The number of aliphatic carboxylic acids is 1. The summed E-state index contributed by atoms with van der Waals surface area (Å²) in [5, 5.41) is 11.8. The van der Waals surface area contributed by atoms with Gasteiger partial charge in [-0.2, -0.15) is 0 Å². The largest absolute Gasteiger partial charge is 0.481 e. The zero-order valence-electron chi connectivity index (χ0n) is 19.0. The van der Waals surface area contributed by atoms with Gasteiger partial charge < -0.3 is 20.1 Å². The summed E-state index contributed by atoms with van der Waals surface area (Å²) in [6.45, 7) is 4.42. The van der Waals surface area contributed by atoms with Crippen molar-refractivity contribution in [3.8, 4) is 11.1 Å². The minimum atomic E-state index is -0.935. The molecule has 7 nitrogen and oxygen atoms in total. The van der Waals surface area contributed by atoms with E-state index >= 15 is 0 Å². The number of benzene rings is 2. The van der Waals surface area contributed by atoms with Gasteiger partial charge in [-0.05, 0) is 48.9 Å². The van der Waals surface area contributed by atoms with Crippen LogP contribution in [0, 0.1) is 5.41 Å². The molecular weight excluding hydrogens is 420 g/mol. The van der Waals surface area contributed by atoms with Gasteiger partial charge in [-0.15, -0.1) is 0 Å². The van der Waals surface area contributed by atoms with Crippen LogP contribution in [0.2, 0.25) is 0 Å². The second-order valence-electron chi connectivity index (χ2n) is 9.00. The summed E-state index contributed by atoms with van der Waals surface area (Å²) in [7, 11) is 0. The number of amides is 2. The van der Waals surface area contributed by atoms with Crippen LogP contribution in [0.25, 0.3) is 11.1 Å². The van der Waals surface area contributed by atoms with Gasteiger partial charge in [0.05, 0.1) is 11.8 Å². The number of carbonyl (C=O) groups excluding carboxylic acids is 2. The Hall–Kier alpha value is -3.35. The number of ether oxygens (including phenoxy) is 1. The molecule has 2 N–H and O–H groups in total. The van der Waals surface area contributed by atoms with Gasteiger partial charge in [0.15, 0.2) is 0 Å². The van der Waals surface area contributed by atoms with E-state index in [1.165, 1.54) is 11.1 Å². The number of hydrogen-bond donors (Lipinski definition) is 2. The van der Waals surface area contributed by atoms with Crippen molar-refractivity contribution in [2.75, 3.05) is 19.7 Å². The van der Waals surface area contributed by atoms with Crippen LogP contribution in [-0.2, 0) is 14.3 Å². The highest BCUT2D eigenvalue weighted by molar-refractivity contribution is 5.87. The maximum absolute atomic E-state index is 13.1. The lowest BCUT2D eigenvalue weighted by molar-refractivity contribution is -0.142. The molecule has 0 aromatic heterocycles. The van der Waals surface area contributed by atoms with E-state index in [9.17, 15) is 14.4 Å². The van der Waals surface area contributed by atoms with Gasteiger partial charge in [-0.25, -0.2) is 4.79 Å². The van der Waals surface area contributed by atoms with Gasteiger partial charge in [0.1, 0.15) is 6.61 Å². The van der Waals surface area contributed by atoms with Crippen LogP contribution in [0.3, 0.4) is 0 Å². The second-order valence-corrected chi connectivity index (χ2v) is 9.00. The van der Waals surface area contributed by atoms with Crippen LogP contribution in [0.15, 0.2) is 48.5 Å². The van der Waals surface area contributed by atoms with Crippen molar-refractivity contribution in [2.45, 2.75) is 45.1 Å². The smallest absolute Gasteiger partial charge is 0.407 e. The maximum atomic E-state index is 13.1. The minimum absolute atomic E-state index is 0.0212. The van der Waals surface area contributed by atoms with Crippen molar-refractivity contribution < 1.29 is 24.2 Å². The van der Waals surface area contributed by atoms with Crippen molar-refractivity contribution in [2.24, 2.45) is 5.41 Å². The standard InChI is InChI=1S/C26H30N2O5/c1-3-28(17(2)14-23(29)30)24(31)26(12-13-26)16-27-25(32)33-15-22-20-10-6-4-8-18(20)19-9-5-7-11-21(19)22/h4-11,17,22H,3,12-16H2,1-2H3,(H,27,32)(H,29,30). The molecule has 1 fully saturated rings. The number of alkyl carbamates (subject to hydrolysis) is 1. The molecule has 0 aliphatic heterocycles. The van der Waals surface area contributed by atoms with Gasteiger partial charge in [0.25, 0.3) is 0 Å². The number of rotatable bonds is 9. The molecule has 0 saturated heterocycles. The number of nitrogens with zero attached hydrogens (tertiary/aromatic N) is 1. The van der Waals surface area contributed by atoms with E-state index in [0.717, 1.165) is 11.1 Å². The van der Waals surface area contributed by atoms with E-state index in [0.29, 0.717) is 19.4 Å². The molecule has 1 atom stereocenters. The average molecular weight is 451 g/mol. The molecule has 0 heterocycles. The number of carboxylic acid groups (broad SMARTS) is 1. The Kier molecular flexibility index (Phi) is 6.40. The summed E-state index contributed by atoms with van der Waals surface area (Å²) in [5.74, 6) is -1.06. The van der Waals surface area contributed by atoms with E-state index in [1.807, 2.05) is 31.2 Å². The lowest BCUT2D eigenvalue weighted by Gasteiger charge is -2.31. The third-order valence-electron chi connectivity index (χ3n) is 6.83. The van der Waals surface area contributed by atoms with Crippen LogP contribution in [0.1, 0.15) is 50.2 Å². The highest BCUT2D eigenvalue weighted by Crippen LogP contribution is 2.47. The molecule has 2 aromatic carbocycles. The number of fused-ring (bicyclic) bond motifs is 3. The van der Waals surface area contributed by atoms with Crippen LogP contribution >= 0.6 is 0 Å². The van der Waals surface area contributed by atoms with E-state index in [1.54, 1.807) is 11.8 Å². The normalized spacial score (nSPS) is 16.3. The average Bonchev–Trinajstić information content (AvgIpc) is 3.53. The molecule has 0 radical (unpaired) electrons. The van der Waals surface area contributed by atoms with Gasteiger partial charge in [-0.3, -0.25) is 9.59 Å². The van der Waals surface area contributed by atoms with Gasteiger partial charge in [0.2, 0.25) is 5.91 Å². The van der Waals surface area contributed by atoms with Crippen LogP contribution in [0.5, 0.6) is 0 Å². The quantitative estimate of drug-likeness (QED) is 0.602. The fourth-order valence-electron chi connectivity index (χ4n) is 4.83.